The van der Waals surface area contributed by atoms with Crippen LogP contribution in [0.15, 0.2) is 35.1 Å². The topological polar surface area (TPSA) is 300 Å². The van der Waals surface area contributed by atoms with E-state index >= 15 is 0 Å². The zero-order valence-corrected chi connectivity index (χ0v) is 57.0. The monoisotopic (exact) mass is 1420 g/mol. The van der Waals surface area contributed by atoms with Gasteiger partial charge in [0.2, 0.25) is 17.2 Å². The van der Waals surface area contributed by atoms with Gasteiger partial charge >= 0.3 is 6.09 Å². The molecule has 4 aliphatic heterocycles. The molecule has 0 spiro atoms. The molecule has 0 radical (unpaired) electrons. The second kappa shape index (κ2) is 32.3. The molecule has 1 aromatic rings. The average Bonchev–Trinajstić information content (AvgIpc) is 2.90. The minimum Gasteiger partial charge on any atom is -0.492 e. The molecule has 2 bridgehead atoms. The first-order valence-corrected chi connectivity index (χ1v) is 34.6. The molecule has 24 nitrogen and oxygen atoms in total. The van der Waals surface area contributed by atoms with E-state index in [4.69, 9.17) is 61.7 Å². The van der Waals surface area contributed by atoms with E-state index in [1.54, 1.807) is 40.9 Å². The number of likely N-dealkylation sites (N-methyl/N-ethyl adjacent to an activating group) is 1. The molecule has 490 valence electrons. The predicted molar refractivity (Wildman–Crippen MR) is 338 cm³/mol. The van der Waals surface area contributed by atoms with Crippen molar-refractivity contribution in [2.24, 2.45) is 0 Å². The van der Waals surface area contributed by atoms with Crippen molar-refractivity contribution in [3.05, 3.63) is 49.8 Å². The lowest BCUT2D eigenvalue weighted by Gasteiger charge is -2.49. The summed E-state index contributed by atoms with van der Waals surface area (Å²) in [5.74, 6) is 11.4. The standard InChI is InChI=1S/C59H82IN3O21S4/c1-15-63(58(6,7)8)33-27-77-38(25-37(33)72-9)82-51-46(67)43(29(3)79-56(51)81-36-20-18-16-17-19-22-59(71)26-35(65)44(61-57(70)76-13)41(36)32(59)21-23-86-88-85-14)62-84-39-24-34(64)53(31(5)78-39)87-54(69)40-28(2)42(60)49(52(75-12)48(40)73-10)83-55-47(68)50(74-11)45(66)30(4)80-55/h16-17,21,29-31,33-34,36-39,43,45-47,50-51,53,55-56,62,64,66-68,71H,15,23-27H2,1-14H3,(H,61,70)/b17-16-,32-21+/t29-,30+,31-,33+,34+,36+,37+,38+,39+,43-,45+,46+,47-,50-,51-,53-,55+,56+,59+/m1/s1. The molecule has 4 heterocycles. The van der Waals surface area contributed by atoms with Crippen LogP contribution in [0, 0.1) is 34.2 Å². The van der Waals surface area contributed by atoms with Gasteiger partial charge in [0.25, 0.3) is 0 Å². The van der Waals surface area contributed by atoms with Gasteiger partial charge in [0, 0.05) is 49.5 Å². The molecule has 88 heavy (non-hydrogen) atoms. The van der Waals surface area contributed by atoms with Crippen LogP contribution >= 0.6 is 65.8 Å². The number of ketones is 1. The Bertz CT molecular complexity index is 2850. The molecule has 2 aliphatic carbocycles. The number of ether oxygens (including phenoxy) is 12. The number of nitrogens with one attached hydrogen (secondary N) is 2. The highest BCUT2D eigenvalue weighted by Gasteiger charge is 2.52. The van der Waals surface area contributed by atoms with Crippen LogP contribution in [0.3, 0.4) is 0 Å². The molecule has 1 aromatic carbocycles. The summed E-state index contributed by atoms with van der Waals surface area (Å²) in [4.78, 5) is 50.1. The number of hydrogen-bond donors (Lipinski definition) is 7. The number of Topliss-reactive ketones (excluding diaryl/α,β-unsaturated/α-hetero) is 1. The van der Waals surface area contributed by atoms with Gasteiger partial charge in [-0.1, -0.05) is 70.0 Å². The molecule has 0 aromatic heterocycles. The second-order valence-electron chi connectivity index (χ2n) is 22.4. The predicted octanol–water partition coefficient (Wildman–Crippen LogP) is 4.71. The number of nitrogens with zero attached hydrogens (tertiary/aromatic N) is 1. The molecule has 4 fully saturated rings. The number of hydroxylamine groups is 1. The summed E-state index contributed by atoms with van der Waals surface area (Å²) < 4.78 is 73.4. The van der Waals surface area contributed by atoms with Gasteiger partial charge in [0.05, 0.1) is 97.0 Å². The van der Waals surface area contributed by atoms with Crippen LogP contribution in [-0.2, 0) is 52.3 Å². The van der Waals surface area contributed by atoms with E-state index in [1.165, 1.54) is 64.9 Å². The van der Waals surface area contributed by atoms with Gasteiger partial charge in [0.1, 0.15) is 36.6 Å². The number of alkyl carbamates (subject to hydrolysis) is 1. The minimum absolute atomic E-state index is 0.0144. The van der Waals surface area contributed by atoms with Crippen molar-refractivity contribution in [3.8, 4) is 40.9 Å². The summed E-state index contributed by atoms with van der Waals surface area (Å²) in [5, 5.41) is 59.7. The summed E-state index contributed by atoms with van der Waals surface area (Å²) >= 11 is 2.83. The van der Waals surface area contributed by atoms with Crippen LogP contribution < -0.4 is 25.0 Å². The van der Waals surface area contributed by atoms with Crippen LogP contribution in [0.5, 0.6) is 17.2 Å². The number of thioether (sulfide) groups is 1. The first kappa shape index (κ1) is 72.5. The van der Waals surface area contributed by atoms with Gasteiger partial charge in [0.15, 0.2) is 41.8 Å². The van der Waals surface area contributed by atoms with Crippen molar-refractivity contribution in [2.45, 2.75) is 195 Å². The first-order valence-electron chi connectivity index (χ1n) is 28.5. The lowest BCUT2D eigenvalue weighted by molar-refractivity contribution is -0.338. The largest absolute Gasteiger partial charge is 0.492 e. The SMILES string of the molecule is CCN([C@H]1CO[C@@H](O[C@H]2[C@H](O[C@H]3C#C/C=C\C#C[C@]4(O)CC(=O)C(NC(=O)OC)=C3/C4=C\CSSSC)O[C@H](C)[C@@H](NO[C@H]3C[C@H](O)[C@H](SC(=O)c4c(C)c(I)c(O[C@@H]5O[C@@H](C)[C@H](O)[C@@H](OC)[C@H]5O)c(OC)c4OC)[C@@H](C)O3)[C@@H]2O)C[C@@H]1OC)C(C)(C)C. The van der Waals surface area contributed by atoms with Crippen molar-refractivity contribution in [1.82, 2.24) is 15.7 Å². The van der Waals surface area contributed by atoms with Gasteiger partial charge in [-0.05, 0) is 111 Å². The van der Waals surface area contributed by atoms with Crippen molar-refractivity contribution in [1.29, 1.82) is 0 Å². The Morgan fingerprint density at radius 2 is 1.59 bits per heavy atom. The summed E-state index contributed by atoms with van der Waals surface area (Å²) in [5.41, 5.74) is 1.07. The van der Waals surface area contributed by atoms with E-state index in [0.717, 1.165) is 18.9 Å². The molecule has 4 saturated heterocycles. The quantitative estimate of drug-likeness (QED) is 0.0272. The maximum Gasteiger partial charge on any atom is 0.411 e. The lowest BCUT2D eigenvalue weighted by atomic mass is 9.75. The normalized spacial score (nSPS) is 35.1. The molecule has 7 N–H and O–H groups in total. The number of benzene rings is 1. The minimum atomic E-state index is -2.06. The maximum absolute atomic E-state index is 14.5. The zero-order chi connectivity index (χ0) is 64.5. The Morgan fingerprint density at radius 3 is 2.23 bits per heavy atom. The van der Waals surface area contributed by atoms with Crippen LogP contribution in [0.1, 0.15) is 83.7 Å². The molecular formula is C59H82IN3O21S4. The number of halogens is 1. The first-order chi connectivity index (χ1) is 41.8. The number of aliphatic hydroxyl groups is 5. The summed E-state index contributed by atoms with van der Waals surface area (Å²) in [7, 11) is 11.3. The Balaban J connectivity index is 1.14. The van der Waals surface area contributed by atoms with Gasteiger partial charge in [-0.25, -0.2) is 4.79 Å². The Kier molecular flexibility index (Phi) is 26.6. The van der Waals surface area contributed by atoms with E-state index in [0.29, 0.717) is 21.4 Å². The second-order valence-corrected chi connectivity index (χ2v) is 29.0. The Labute approximate surface area is 543 Å². The van der Waals surface area contributed by atoms with Crippen LogP contribution in [-0.4, -0.2) is 229 Å². The van der Waals surface area contributed by atoms with E-state index in [1.807, 2.05) is 28.8 Å². The molecule has 7 rings (SSSR count). The van der Waals surface area contributed by atoms with Gasteiger partial charge in [-0.2, -0.15) is 5.48 Å². The number of allylic oxidation sites excluding steroid dienone is 3. The fraction of sp³-hybridized carbons (Fsp3) is 0.678. The van der Waals surface area contributed by atoms with Crippen LogP contribution in [0.2, 0.25) is 0 Å². The third-order valence-electron chi connectivity index (χ3n) is 15.9. The highest BCUT2D eigenvalue weighted by molar-refractivity contribution is 14.1. The average molecular weight is 1420 g/mol. The fourth-order valence-electron chi connectivity index (χ4n) is 11.5. The number of carbonyl (C=O) groups excluding carboxylic acids is 3. The van der Waals surface area contributed by atoms with Crippen molar-refractivity contribution < 1.29 is 102 Å². The van der Waals surface area contributed by atoms with Gasteiger partial charge in [-0.3, -0.25) is 24.6 Å². The van der Waals surface area contributed by atoms with E-state index < -0.39 is 127 Å². The maximum atomic E-state index is 14.5. The molecule has 0 unspecified atom stereocenters. The van der Waals surface area contributed by atoms with E-state index in [2.05, 4.69) is 67.1 Å². The number of aliphatic hydroxyl groups excluding tert-OH is 4. The van der Waals surface area contributed by atoms with Crippen LogP contribution in [0.4, 0.5) is 4.79 Å². The molecule has 6 aliphatic rings. The molecule has 19 atom stereocenters. The van der Waals surface area contributed by atoms with Crippen molar-refractivity contribution in [3.63, 3.8) is 0 Å². The smallest absolute Gasteiger partial charge is 0.411 e. The Morgan fingerprint density at radius 1 is 0.886 bits per heavy atom. The molecule has 29 heteroatoms. The third-order valence-corrected chi connectivity index (χ3v) is 22.3. The highest BCUT2D eigenvalue weighted by atomic mass is 127. The number of fused-ring (bicyclic) bond motifs is 2. The lowest BCUT2D eigenvalue weighted by Crippen LogP contribution is -2.65. The zero-order valence-electron chi connectivity index (χ0n) is 51.6. The third kappa shape index (κ3) is 16.5. The van der Waals surface area contributed by atoms with Gasteiger partial charge in [-0.15, -0.1) is 0 Å². The van der Waals surface area contributed by atoms with Crippen molar-refractivity contribution in [2.75, 3.05) is 60.7 Å². The summed E-state index contributed by atoms with van der Waals surface area (Å²) in [6, 6.07) is -1.27. The molecular weight excluding hydrogens is 1340 g/mol. The fourth-order valence-corrected chi connectivity index (χ4v) is 15.7. The Hall–Kier alpha value is -2.94. The van der Waals surface area contributed by atoms with Crippen molar-refractivity contribution >= 4 is 82.8 Å². The number of carbonyl (C=O) groups is 3. The molecule has 1 amide bonds. The number of rotatable bonds is 22. The summed E-state index contributed by atoms with van der Waals surface area (Å²) in [6.45, 7) is 15.9. The highest BCUT2D eigenvalue weighted by Crippen LogP contribution is 2.49. The summed E-state index contributed by atoms with van der Waals surface area (Å²) in [6.07, 6.45) is -12.0. The van der Waals surface area contributed by atoms with Crippen LogP contribution in [0.25, 0.3) is 0 Å². The number of amides is 1. The number of methoxy groups -OCH3 is 5. The molecule has 0 saturated carbocycles. The van der Waals surface area contributed by atoms with E-state index in [9.17, 15) is 39.9 Å². The van der Waals surface area contributed by atoms with E-state index in [-0.39, 0.29) is 76.8 Å². The number of hydrogen-bond acceptors (Lipinski definition) is 27. The van der Waals surface area contributed by atoms with Gasteiger partial charge < -0.3 is 82.4 Å².